The van der Waals surface area contributed by atoms with E-state index >= 15 is 0 Å². The molecule has 51 heavy (non-hydrogen) atoms. The summed E-state index contributed by atoms with van der Waals surface area (Å²) in [5, 5.41) is 35.1. The summed E-state index contributed by atoms with van der Waals surface area (Å²) in [5.74, 6) is -3.55. The van der Waals surface area contributed by atoms with Crippen molar-refractivity contribution in [2.75, 3.05) is 25.1 Å². The van der Waals surface area contributed by atoms with Gasteiger partial charge in [0.25, 0.3) is 5.97 Å². The lowest BCUT2D eigenvalue weighted by Gasteiger charge is -2.28. The fraction of sp³-hybridized carbons (Fsp3) is 0.424. The van der Waals surface area contributed by atoms with E-state index in [1.165, 1.54) is 28.8 Å². The van der Waals surface area contributed by atoms with Crippen LogP contribution in [-0.2, 0) is 41.6 Å². The largest absolute Gasteiger partial charge is 0.508 e. The number of nitrogens with zero attached hydrogens (tertiary/aromatic N) is 1. The van der Waals surface area contributed by atoms with Gasteiger partial charge < -0.3 is 53.3 Å². The molecule has 280 valence electrons. The lowest BCUT2D eigenvalue weighted by molar-refractivity contribution is -0.140. The van der Waals surface area contributed by atoms with Crippen molar-refractivity contribution in [1.82, 2.24) is 26.2 Å². The number of phenols is 1. The van der Waals surface area contributed by atoms with Crippen LogP contribution in [0.4, 0.5) is 0 Å². The lowest BCUT2D eigenvalue weighted by atomic mass is 10.0. The molecule has 1 aliphatic rings. The molecule has 1 fully saturated rings. The molecule has 1 heterocycles. The highest BCUT2D eigenvalue weighted by Crippen LogP contribution is 2.19. The monoisotopic (exact) mass is 732 g/mol. The van der Waals surface area contributed by atoms with E-state index in [0.717, 1.165) is 12.5 Å². The maximum absolute atomic E-state index is 13.5. The van der Waals surface area contributed by atoms with Gasteiger partial charge >= 0.3 is 0 Å². The molecule has 0 spiro atoms. The first-order chi connectivity index (χ1) is 23.7. The quantitative estimate of drug-likeness (QED) is 0.0715. The van der Waals surface area contributed by atoms with Crippen molar-refractivity contribution in [3.63, 3.8) is 0 Å². The standard InChI is InChI=1S/C31H42N8O6S.C2H4O2.H2O/c1-46-15-13-22(37-29(44)23(38-31(33)34)16-20-9-11-21(40)12-10-20)28(43)35-18-26(41)36-24(17-19-6-3-2-4-7-19)30(45)39-14-5-8-25(39)27(32)42;1-2(3)4;/h2-4,6-7,9-12,22-25,40H,5,8,13-18H2,1H3,(H2,32,42)(H,35,43)(H,36,41)(H,37,44)(H4,33,34,38);1H3,(H,3,4);1H2/t22-,23+,24+,25+;;/m1../s1. The highest BCUT2D eigenvalue weighted by Gasteiger charge is 2.37. The van der Waals surface area contributed by atoms with Crippen LogP contribution in [0.5, 0.6) is 5.75 Å². The number of carboxylic acid groups (broad SMARTS) is 1. The number of primary amides is 1. The van der Waals surface area contributed by atoms with Crippen molar-refractivity contribution in [1.29, 1.82) is 5.41 Å². The van der Waals surface area contributed by atoms with Gasteiger partial charge in [0.05, 0.1) is 6.54 Å². The Morgan fingerprint density at radius 3 is 2.06 bits per heavy atom. The van der Waals surface area contributed by atoms with Crippen molar-refractivity contribution < 1.29 is 44.5 Å². The highest BCUT2D eigenvalue weighted by molar-refractivity contribution is 7.98. The van der Waals surface area contributed by atoms with E-state index in [2.05, 4.69) is 21.3 Å². The van der Waals surface area contributed by atoms with E-state index in [9.17, 15) is 29.1 Å². The first kappa shape index (κ1) is 43.7. The summed E-state index contributed by atoms with van der Waals surface area (Å²) >= 11 is 1.47. The average molecular weight is 733 g/mol. The summed E-state index contributed by atoms with van der Waals surface area (Å²) in [6.07, 6.45) is 3.45. The van der Waals surface area contributed by atoms with E-state index < -0.39 is 72.2 Å². The number of aromatic hydroxyl groups is 1. The van der Waals surface area contributed by atoms with Gasteiger partial charge in [-0.25, -0.2) is 0 Å². The number of hydrogen-bond donors (Lipinski definition) is 9. The number of thioether (sulfide) groups is 1. The number of carbonyl (C=O) groups excluding carboxylic acids is 5. The van der Waals surface area contributed by atoms with E-state index in [1.807, 2.05) is 36.6 Å². The molecular weight excluding hydrogens is 684 g/mol. The molecule has 5 amide bonds. The maximum Gasteiger partial charge on any atom is 0.300 e. The minimum absolute atomic E-state index is 0. The molecule has 18 heteroatoms. The minimum Gasteiger partial charge on any atom is -0.508 e. The molecule has 2 aromatic rings. The van der Waals surface area contributed by atoms with Gasteiger partial charge in [-0.15, -0.1) is 0 Å². The molecule has 0 aromatic heterocycles. The Morgan fingerprint density at radius 1 is 0.902 bits per heavy atom. The van der Waals surface area contributed by atoms with Crippen LogP contribution in [0.2, 0.25) is 0 Å². The van der Waals surface area contributed by atoms with Gasteiger partial charge in [-0.2, -0.15) is 11.8 Å². The zero-order valence-electron chi connectivity index (χ0n) is 28.5. The Labute approximate surface area is 300 Å². The Kier molecular flexibility index (Phi) is 19.2. The lowest BCUT2D eigenvalue weighted by Crippen LogP contribution is -2.57. The molecule has 0 bridgehead atoms. The van der Waals surface area contributed by atoms with Gasteiger partial charge in [-0.3, -0.25) is 34.2 Å². The van der Waals surface area contributed by atoms with Crippen LogP contribution in [0.15, 0.2) is 54.6 Å². The Hall–Kier alpha value is -5.36. The molecular formula is C33H48N8O9S. The average Bonchev–Trinajstić information content (AvgIpc) is 3.56. The third-order valence-electron chi connectivity index (χ3n) is 7.47. The highest BCUT2D eigenvalue weighted by atomic mass is 32.2. The molecule has 1 saturated heterocycles. The third kappa shape index (κ3) is 15.8. The zero-order chi connectivity index (χ0) is 37.2. The van der Waals surface area contributed by atoms with Gasteiger partial charge in [-0.1, -0.05) is 42.5 Å². The van der Waals surface area contributed by atoms with Crippen LogP contribution in [0.25, 0.3) is 0 Å². The topological polar surface area (TPSA) is 302 Å². The van der Waals surface area contributed by atoms with Crippen LogP contribution in [0.3, 0.4) is 0 Å². The van der Waals surface area contributed by atoms with Gasteiger partial charge in [0.15, 0.2) is 5.96 Å². The summed E-state index contributed by atoms with van der Waals surface area (Å²) in [7, 11) is 0. The number of aliphatic carboxylic acids is 1. The number of hydrogen-bond acceptors (Lipinski definition) is 9. The number of guanidine groups is 1. The van der Waals surface area contributed by atoms with Crippen molar-refractivity contribution in [3.8, 4) is 5.75 Å². The summed E-state index contributed by atoms with van der Waals surface area (Å²) in [5.41, 5.74) is 12.5. The van der Waals surface area contributed by atoms with Crippen molar-refractivity contribution >= 4 is 53.2 Å². The maximum atomic E-state index is 13.5. The molecule has 17 nitrogen and oxygen atoms in total. The van der Waals surface area contributed by atoms with E-state index in [4.69, 9.17) is 26.8 Å². The first-order valence-corrected chi connectivity index (χ1v) is 17.2. The summed E-state index contributed by atoms with van der Waals surface area (Å²) in [6.45, 7) is 0.957. The Bertz CT molecular complexity index is 1480. The SMILES string of the molecule is CC(=O)O.CSCC[C@@H](NC(=O)[C@H](Cc1ccc(O)cc1)NC(=N)N)C(=O)NCC(=O)N[C@@H](Cc1ccccc1)C(=O)N1CCC[C@H]1C(N)=O.O. The number of phenolic OH excluding ortho intramolecular Hbond substituents is 1. The number of rotatable bonds is 16. The Morgan fingerprint density at radius 2 is 1.49 bits per heavy atom. The fourth-order valence-electron chi connectivity index (χ4n) is 5.15. The van der Waals surface area contributed by atoms with E-state index in [1.54, 1.807) is 12.1 Å². The van der Waals surface area contributed by atoms with Crippen LogP contribution >= 0.6 is 11.8 Å². The van der Waals surface area contributed by atoms with Gasteiger partial charge in [0.2, 0.25) is 29.5 Å². The minimum atomic E-state index is -1.01. The molecule has 0 aliphatic carbocycles. The number of likely N-dealkylation sites (tertiary alicyclic amines) is 1. The van der Waals surface area contributed by atoms with Crippen molar-refractivity contribution in [2.24, 2.45) is 11.5 Å². The Balaban J connectivity index is 0.00000246. The van der Waals surface area contributed by atoms with Gasteiger partial charge in [-0.05, 0) is 54.5 Å². The second-order valence-electron chi connectivity index (χ2n) is 11.5. The summed E-state index contributed by atoms with van der Waals surface area (Å²) < 4.78 is 0. The molecule has 0 unspecified atom stereocenters. The van der Waals surface area contributed by atoms with Crippen LogP contribution in [0.1, 0.15) is 37.3 Å². The molecule has 2 aromatic carbocycles. The number of nitrogens with one attached hydrogen (secondary N) is 5. The number of benzene rings is 2. The van der Waals surface area contributed by atoms with Crippen molar-refractivity contribution in [2.45, 2.75) is 63.2 Å². The number of carboxylic acids is 1. The predicted octanol–water partition coefficient (Wildman–Crippen LogP) is -1.39. The second kappa shape index (κ2) is 22.4. The molecule has 0 saturated carbocycles. The number of nitrogens with two attached hydrogens (primary N) is 2. The fourth-order valence-corrected chi connectivity index (χ4v) is 5.63. The van der Waals surface area contributed by atoms with Gasteiger partial charge in [0.1, 0.15) is 29.9 Å². The van der Waals surface area contributed by atoms with Gasteiger partial charge in [0, 0.05) is 26.3 Å². The third-order valence-corrected chi connectivity index (χ3v) is 8.11. The van der Waals surface area contributed by atoms with Crippen LogP contribution in [0, 0.1) is 5.41 Å². The van der Waals surface area contributed by atoms with Crippen LogP contribution < -0.4 is 32.7 Å². The van der Waals surface area contributed by atoms with Crippen molar-refractivity contribution in [3.05, 3.63) is 65.7 Å². The van der Waals surface area contributed by atoms with E-state index in [0.29, 0.717) is 30.7 Å². The summed E-state index contributed by atoms with van der Waals surface area (Å²) in [6, 6.07) is 11.5. The predicted molar refractivity (Wildman–Crippen MR) is 192 cm³/mol. The van der Waals surface area contributed by atoms with E-state index in [-0.39, 0.29) is 30.5 Å². The summed E-state index contributed by atoms with van der Waals surface area (Å²) in [4.78, 5) is 75.3. The zero-order valence-corrected chi connectivity index (χ0v) is 29.3. The normalized spacial score (nSPS) is 14.9. The molecule has 4 atom stereocenters. The second-order valence-corrected chi connectivity index (χ2v) is 12.4. The van der Waals surface area contributed by atoms with Crippen LogP contribution in [-0.4, -0.2) is 111 Å². The smallest absolute Gasteiger partial charge is 0.300 e. The molecule has 0 radical (unpaired) electrons. The number of amides is 5. The molecule has 13 N–H and O–H groups in total. The first-order valence-electron chi connectivity index (χ1n) is 15.8. The molecule has 3 rings (SSSR count). The molecule has 1 aliphatic heterocycles. The number of carbonyl (C=O) groups is 6.